The minimum Gasteiger partial charge on any atom is -0.493 e. The molecule has 0 aliphatic heterocycles. The number of benzene rings is 1. The molecule has 0 N–H and O–H groups in total. The standard InChI is InChI=1S/C12H16O2/c1-9(2)8-14-12-5-4-10(3)6-11(12)7-13/h4-7,9H,8H2,1-3H3. The molecule has 76 valence electrons. The number of ether oxygens (including phenoxy) is 1. The van der Waals surface area contributed by atoms with Crippen LogP contribution in [0.4, 0.5) is 0 Å². The Labute approximate surface area is 84.9 Å². The number of aryl methyl sites for hydroxylation is 1. The highest BCUT2D eigenvalue weighted by Gasteiger charge is 2.03. The van der Waals surface area contributed by atoms with Crippen molar-refractivity contribution in [3.63, 3.8) is 0 Å². The molecule has 0 unspecified atom stereocenters. The molecule has 2 nitrogen and oxygen atoms in total. The van der Waals surface area contributed by atoms with Crippen LogP contribution in [-0.2, 0) is 0 Å². The van der Waals surface area contributed by atoms with Crippen molar-refractivity contribution in [1.29, 1.82) is 0 Å². The average molecular weight is 192 g/mol. The zero-order valence-corrected chi connectivity index (χ0v) is 8.91. The van der Waals surface area contributed by atoms with Gasteiger partial charge in [0.2, 0.25) is 0 Å². The van der Waals surface area contributed by atoms with Gasteiger partial charge in [-0.05, 0) is 25.0 Å². The third kappa shape index (κ3) is 2.87. The maximum atomic E-state index is 10.7. The van der Waals surface area contributed by atoms with Crippen molar-refractivity contribution in [3.05, 3.63) is 29.3 Å². The van der Waals surface area contributed by atoms with Crippen LogP contribution in [0.1, 0.15) is 29.8 Å². The van der Waals surface area contributed by atoms with E-state index in [4.69, 9.17) is 4.74 Å². The van der Waals surface area contributed by atoms with Gasteiger partial charge in [0.1, 0.15) is 5.75 Å². The molecule has 0 saturated heterocycles. The molecule has 1 aromatic carbocycles. The van der Waals surface area contributed by atoms with E-state index in [1.807, 2.05) is 25.1 Å². The van der Waals surface area contributed by atoms with E-state index in [1.165, 1.54) is 0 Å². The molecule has 0 saturated carbocycles. The molecule has 0 spiro atoms. The first-order valence-corrected chi connectivity index (χ1v) is 4.82. The van der Waals surface area contributed by atoms with Crippen molar-refractivity contribution < 1.29 is 9.53 Å². The highest BCUT2D eigenvalue weighted by molar-refractivity contribution is 5.79. The van der Waals surface area contributed by atoms with Crippen LogP contribution in [0.2, 0.25) is 0 Å². The molecule has 0 amide bonds. The lowest BCUT2D eigenvalue weighted by molar-refractivity contribution is 0.111. The van der Waals surface area contributed by atoms with Crippen molar-refractivity contribution >= 4 is 6.29 Å². The van der Waals surface area contributed by atoms with E-state index in [1.54, 1.807) is 0 Å². The van der Waals surface area contributed by atoms with E-state index >= 15 is 0 Å². The van der Waals surface area contributed by atoms with Crippen molar-refractivity contribution in [2.45, 2.75) is 20.8 Å². The zero-order chi connectivity index (χ0) is 10.6. The minimum absolute atomic E-state index is 0.468. The highest BCUT2D eigenvalue weighted by Crippen LogP contribution is 2.18. The topological polar surface area (TPSA) is 26.3 Å². The summed E-state index contributed by atoms with van der Waals surface area (Å²) in [5.41, 5.74) is 1.70. The molecular weight excluding hydrogens is 176 g/mol. The Kier molecular flexibility index (Phi) is 3.69. The van der Waals surface area contributed by atoms with Gasteiger partial charge in [-0.2, -0.15) is 0 Å². The van der Waals surface area contributed by atoms with E-state index in [0.29, 0.717) is 23.8 Å². The van der Waals surface area contributed by atoms with Gasteiger partial charge in [-0.3, -0.25) is 4.79 Å². The number of carbonyl (C=O) groups is 1. The monoisotopic (exact) mass is 192 g/mol. The van der Waals surface area contributed by atoms with E-state index in [9.17, 15) is 4.79 Å². The van der Waals surface area contributed by atoms with Crippen LogP contribution in [0.25, 0.3) is 0 Å². The van der Waals surface area contributed by atoms with Crippen LogP contribution in [0.3, 0.4) is 0 Å². The Hall–Kier alpha value is -1.31. The summed E-state index contributed by atoms with van der Waals surface area (Å²) >= 11 is 0. The Morgan fingerprint density at radius 3 is 2.71 bits per heavy atom. The van der Waals surface area contributed by atoms with Gasteiger partial charge in [0, 0.05) is 0 Å². The third-order valence-corrected chi connectivity index (χ3v) is 1.86. The number of hydrogen-bond acceptors (Lipinski definition) is 2. The Bertz CT molecular complexity index is 316. The maximum Gasteiger partial charge on any atom is 0.153 e. The molecule has 0 aliphatic carbocycles. The van der Waals surface area contributed by atoms with E-state index in [0.717, 1.165) is 11.8 Å². The Morgan fingerprint density at radius 1 is 1.43 bits per heavy atom. The molecular formula is C12H16O2. The van der Waals surface area contributed by atoms with Crippen LogP contribution < -0.4 is 4.74 Å². The lowest BCUT2D eigenvalue weighted by atomic mass is 10.1. The molecule has 0 bridgehead atoms. The van der Waals surface area contributed by atoms with Gasteiger partial charge in [-0.15, -0.1) is 0 Å². The molecule has 0 atom stereocenters. The van der Waals surface area contributed by atoms with Gasteiger partial charge in [0.15, 0.2) is 6.29 Å². The van der Waals surface area contributed by atoms with Crippen LogP contribution in [0, 0.1) is 12.8 Å². The van der Waals surface area contributed by atoms with Crippen LogP contribution >= 0.6 is 0 Å². The summed E-state index contributed by atoms with van der Waals surface area (Å²) < 4.78 is 5.51. The fourth-order valence-corrected chi connectivity index (χ4v) is 1.15. The number of rotatable bonds is 4. The summed E-state index contributed by atoms with van der Waals surface area (Å²) in [7, 11) is 0. The molecule has 2 heteroatoms. The third-order valence-electron chi connectivity index (χ3n) is 1.86. The van der Waals surface area contributed by atoms with Gasteiger partial charge in [0.05, 0.1) is 12.2 Å². The number of carbonyl (C=O) groups excluding carboxylic acids is 1. The Morgan fingerprint density at radius 2 is 2.14 bits per heavy atom. The van der Waals surface area contributed by atoms with Gasteiger partial charge in [-0.25, -0.2) is 0 Å². The van der Waals surface area contributed by atoms with Gasteiger partial charge < -0.3 is 4.74 Å². The van der Waals surface area contributed by atoms with Crippen molar-refractivity contribution in [2.24, 2.45) is 5.92 Å². The molecule has 0 heterocycles. The quantitative estimate of drug-likeness (QED) is 0.686. The lowest BCUT2D eigenvalue weighted by Crippen LogP contribution is -2.06. The second kappa shape index (κ2) is 4.80. The lowest BCUT2D eigenvalue weighted by Gasteiger charge is -2.10. The summed E-state index contributed by atoms with van der Waals surface area (Å²) in [5.74, 6) is 1.15. The summed E-state index contributed by atoms with van der Waals surface area (Å²) in [6.07, 6.45) is 0.836. The Balaban J connectivity index is 2.80. The SMILES string of the molecule is Cc1ccc(OCC(C)C)c(C=O)c1. The fourth-order valence-electron chi connectivity index (χ4n) is 1.15. The van der Waals surface area contributed by atoms with Crippen molar-refractivity contribution in [1.82, 2.24) is 0 Å². The molecule has 1 aromatic rings. The molecule has 0 fully saturated rings. The zero-order valence-electron chi connectivity index (χ0n) is 8.91. The van der Waals surface area contributed by atoms with Crippen molar-refractivity contribution in [2.75, 3.05) is 6.61 Å². The van der Waals surface area contributed by atoms with E-state index in [-0.39, 0.29) is 0 Å². The average Bonchev–Trinajstić information content (AvgIpc) is 2.15. The van der Waals surface area contributed by atoms with Crippen molar-refractivity contribution in [3.8, 4) is 5.75 Å². The fraction of sp³-hybridized carbons (Fsp3) is 0.417. The van der Waals surface area contributed by atoms with Crippen LogP contribution in [0.5, 0.6) is 5.75 Å². The van der Waals surface area contributed by atoms with E-state index < -0.39 is 0 Å². The second-order valence-corrected chi connectivity index (χ2v) is 3.86. The largest absolute Gasteiger partial charge is 0.493 e. The predicted molar refractivity (Wildman–Crippen MR) is 56.9 cm³/mol. The first-order valence-electron chi connectivity index (χ1n) is 4.82. The maximum absolute atomic E-state index is 10.7. The summed E-state index contributed by atoms with van der Waals surface area (Å²) in [6, 6.07) is 5.63. The van der Waals surface area contributed by atoms with Crippen LogP contribution in [-0.4, -0.2) is 12.9 Å². The number of aldehydes is 1. The normalized spacial score (nSPS) is 10.3. The summed E-state index contributed by atoms with van der Waals surface area (Å²) in [4.78, 5) is 10.7. The first-order chi connectivity index (χ1) is 6.63. The second-order valence-electron chi connectivity index (χ2n) is 3.86. The van der Waals surface area contributed by atoms with E-state index in [2.05, 4.69) is 13.8 Å². The first kappa shape index (κ1) is 10.8. The predicted octanol–water partition coefficient (Wildman–Crippen LogP) is 2.84. The molecule has 0 aliphatic rings. The minimum atomic E-state index is 0.468. The molecule has 0 aromatic heterocycles. The molecule has 0 radical (unpaired) electrons. The van der Waals surface area contributed by atoms with Gasteiger partial charge in [-0.1, -0.05) is 25.5 Å². The number of hydrogen-bond donors (Lipinski definition) is 0. The molecule has 14 heavy (non-hydrogen) atoms. The summed E-state index contributed by atoms with van der Waals surface area (Å²) in [6.45, 7) is 6.76. The van der Waals surface area contributed by atoms with Gasteiger partial charge in [0.25, 0.3) is 0 Å². The van der Waals surface area contributed by atoms with Gasteiger partial charge >= 0.3 is 0 Å². The van der Waals surface area contributed by atoms with Crippen LogP contribution in [0.15, 0.2) is 18.2 Å². The highest BCUT2D eigenvalue weighted by atomic mass is 16.5. The summed E-state index contributed by atoms with van der Waals surface area (Å²) in [5, 5.41) is 0. The molecule has 1 rings (SSSR count). The smallest absolute Gasteiger partial charge is 0.153 e.